The smallest absolute Gasteiger partial charge is 0.164 e. The van der Waals surface area contributed by atoms with Gasteiger partial charge in [0.05, 0.1) is 5.60 Å². The van der Waals surface area contributed by atoms with Gasteiger partial charge >= 0.3 is 0 Å². The Morgan fingerprint density at radius 2 is 2.05 bits per heavy atom. The number of rotatable bonds is 8. The van der Waals surface area contributed by atoms with E-state index < -0.39 is 5.60 Å². The first kappa shape index (κ1) is 15.7. The van der Waals surface area contributed by atoms with Crippen molar-refractivity contribution in [1.82, 2.24) is 0 Å². The molecule has 0 spiro atoms. The Morgan fingerprint density at radius 3 is 2.63 bits per heavy atom. The molecule has 0 aliphatic carbocycles. The number of nitrogens with one attached hydrogen (secondary N) is 1. The van der Waals surface area contributed by atoms with Gasteiger partial charge in [-0.25, -0.2) is 0 Å². The maximum Gasteiger partial charge on any atom is 0.164 e. The molecule has 0 radical (unpaired) electrons. The fourth-order valence-electron chi connectivity index (χ4n) is 1.84. The number of aliphatic hydroxyl groups is 1. The number of carbonyl (C=O) groups excluding carboxylic acids is 1. The van der Waals surface area contributed by atoms with Crippen LogP contribution >= 0.6 is 0 Å². The van der Waals surface area contributed by atoms with Crippen molar-refractivity contribution in [2.75, 3.05) is 18.4 Å². The summed E-state index contributed by atoms with van der Waals surface area (Å²) in [5, 5.41) is 13.4. The van der Waals surface area contributed by atoms with Gasteiger partial charge in [-0.3, -0.25) is 4.79 Å². The van der Waals surface area contributed by atoms with Crippen LogP contribution in [0.15, 0.2) is 24.3 Å². The first-order chi connectivity index (χ1) is 9.04. The molecule has 1 aromatic rings. The first-order valence-electron chi connectivity index (χ1n) is 6.84. The fraction of sp³-hybridized carbons (Fsp3) is 0.533. The van der Waals surface area contributed by atoms with E-state index in [1.54, 1.807) is 6.07 Å². The van der Waals surface area contributed by atoms with E-state index in [9.17, 15) is 9.90 Å². The summed E-state index contributed by atoms with van der Waals surface area (Å²) in [6.07, 6.45) is 1.75. The lowest BCUT2D eigenvalue weighted by atomic mass is 9.97. The van der Waals surface area contributed by atoms with Crippen molar-refractivity contribution in [3.63, 3.8) is 0 Å². The highest BCUT2D eigenvalue weighted by Crippen LogP contribution is 2.17. The summed E-state index contributed by atoms with van der Waals surface area (Å²) < 4.78 is 0. The van der Waals surface area contributed by atoms with Crippen LogP contribution in [0.2, 0.25) is 0 Å². The van der Waals surface area contributed by atoms with Crippen molar-refractivity contribution < 1.29 is 9.90 Å². The van der Waals surface area contributed by atoms with Crippen LogP contribution in [0.4, 0.5) is 5.69 Å². The standard InChI is InChI=1S/C15H24N2O2/c1-3-15(19,4-2)11-17-13-7-5-6-12(10-13)14(18)8-9-16/h5-7,10,17,19H,3-4,8-9,11,16H2,1-2H3. The topological polar surface area (TPSA) is 75.3 Å². The average Bonchev–Trinajstić information content (AvgIpc) is 2.45. The van der Waals surface area contributed by atoms with Gasteiger partial charge in [0.1, 0.15) is 0 Å². The van der Waals surface area contributed by atoms with Crippen molar-refractivity contribution in [2.45, 2.75) is 38.7 Å². The third-order valence-electron chi connectivity index (χ3n) is 3.49. The summed E-state index contributed by atoms with van der Waals surface area (Å²) in [5.74, 6) is 0.0485. The van der Waals surface area contributed by atoms with E-state index in [2.05, 4.69) is 5.32 Å². The Morgan fingerprint density at radius 1 is 1.37 bits per heavy atom. The molecule has 106 valence electrons. The molecule has 0 fully saturated rings. The highest BCUT2D eigenvalue weighted by molar-refractivity contribution is 5.97. The van der Waals surface area contributed by atoms with Crippen LogP contribution in [0.25, 0.3) is 0 Å². The molecule has 0 saturated carbocycles. The molecule has 0 unspecified atom stereocenters. The van der Waals surface area contributed by atoms with Gasteiger partial charge in [0, 0.05) is 24.2 Å². The summed E-state index contributed by atoms with van der Waals surface area (Å²) in [4.78, 5) is 11.8. The monoisotopic (exact) mass is 264 g/mol. The Bertz CT molecular complexity index is 414. The molecule has 1 aromatic carbocycles. The van der Waals surface area contributed by atoms with E-state index in [1.165, 1.54) is 0 Å². The van der Waals surface area contributed by atoms with Crippen LogP contribution in [0.5, 0.6) is 0 Å². The van der Waals surface area contributed by atoms with Crippen LogP contribution in [-0.2, 0) is 0 Å². The van der Waals surface area contributed by atoms with Gasteiger partial charge < -0.3 is 16.2 Å². The molecule has 0 aliphatic rings. The maximum atomic E-state index is 11.8. The zero-order chi connectivity index (χ0) is 14.3. The average molecular weight is 264 g/mol. The molecule has 1 rings (SSSR count). The normalized spacial score (nSPS) is 11.4. The molecule has 0 aliphatic heterocycles. The lowest BCUT2D eigenvalue weighted by Gasteiger charge is -2.26. The molecule has 0 atom stereocenters. The van der Waals surface area contributed by atoms with Crippen LogP contribution in [0.1, 0.15) is 43.5 Å². The lowest BCUT2D eigenvalue weighted by molar-refractivity contribution is 0.0457. The molecule has 0 aromatic heterocycles. The molecule has 0 saturated heterocycles. The van der Waals surface area contributed by atoms with Gasteiger partial charge in [-0.15, -0.1) is 0 Å². The van der Waals surface area contributed by atoms with E-state index in [0.29, 0.717) is 37.9 Å². The predicted molar refractivity (Wildman–Crippen MR) is 78.5 cm³/mol. The SMILES string of the molecule is CCC(O)(CC)CNc1cccc(C(=O)CCN)c1. The summed E-state index contributed by atoms with van der Waals surface area (Å²) in [5.41, 5.74) is 6.20. The number of ketones is 1. The summed E-state index contributed by atoms with van der Waals surface area (Å²) in [6.45, 7) is 4.77. The van der Waals surface area contributed by atoms with Crippen molar-refractivity contribution >= 4 is 11.5 Å². The first-order valence-corrected chi connectivity index (χ1v) is 6.84. The summed E-state index contributed by atoms with van der Waals surface area (Å²) >= 11 is 0. The Kier molecular flexibility index (Phi) is 5.99. The number of benzene rings is 1. The second-order valence-corrected chi connectivity index (χ2v) is 4.83. The zero-order valence-electron chi connectivity index (χ0n) is 11.8. The van der Waals surface area contributed by atoms with Gasteiger partial charge in [0.15, 0.2) is 5.78 Å². The predicted octanol–water partition coefficient (Wildman–Crippen LogP) is 2.18. The number of anilines is 1. The van der Waals surface area contributed by atoms with Crippen molar-refractivity contribution in [3.8, 4) is 0 Å². The fourth-order valence-corrected chi connectivity index (χ4v) is 1.84. The minimum Gasteiger partial charge on any atom is -0.388 e. The van der Waals surface area contributed by atoms with Gasteiger partial charge in [0.25, 0.3) is 0 Å². The minimum absolute atomic E-state index is 0.0485. The van der Waals surface area contributed by atoms with E-state index in [1.807, 2.05) is 32.0 Å². The molecule has 0 amide bonds. The highest BCUT2D eigenvalue weighted by Gasteiger charge is 2.21. The van der Waals surface area contributed by atoms with E-state index in [0.717, 1.165) is 5.69 Å². The van der Waals surface area contributed by atoms with Crippen LogP contribution in [0, 0.1) is 0 Å². The van der Waals surface area contributed by atoms with Crippen LogP contribution in [0.3, 0.4) is 0 Å². The largest absolute Gasteiger partial charge is 0.388 e. The second-order valence-electron chi connectivity index (χ2n) is 4.83. The number of hydrogen-bond acceptors (Lipinski definition) is 4. The van der Waals surface area contributed by atoms with Gasteiger partial charge in [0.2, 0.25) is 0 Å². The van der Waals surface area contributed by atoms with E-state index >= 15 is 0 Å². The third kappa shape index (κ3) is 4.65. The van der Waals surface area contributed by atoms with Crippen molar-refractivity contribution in [2.24, 2.45) is 5.73 Å². The molecule has 19 heavy (non-hydrogen) atoms. The van der Waals surface area contributed by atoms with Gasteiger partial charge in [-0.1, -0.05) is 26.0 Å². The number of nitrogens with two attached hydrogens (primary N) is 1. The molecule has 4 N–H and O–H groups in total. The third-order valence-corrected chi connectivity index (χ3v) is 3.49. The zero-order valence-corrected chi connectivity index (χ0v) is 11.8. The quantitative estimate of drug-likeness (QED) is 0.629. The molecule has 4 heteroatoms. The maximum absolute atomic E-state index is 11.8. The Labute approximate surface area is 115 Å². The van der Waals surface area contributed by atoms with E-state index in [4.69, 9.17) is 5.73 Å². The Hall–Kier alpha value is -1.39. The summed E-state index contributed by atoms with van der Waals surface area (Å²) in [7, 11) is 0. The molecular weight excluding hydrogens is 240 g/mol. The van der Waals surface area contributed by atoms with Crippen LogP contribution in [-0.4, -0.2) is 29.6 Å². The van der Waals surface area contributed by atoms with Crippen LogP contribution < -0.4 is 11.1 Å². The number of carbonyl (C=O) groups is 1. The number of hydrogen-bond donors (Lipinski definition) is 3. The van der Waals surface area contributed by atoms with Gasteiger partial charge in [-0.2, -0.15) is 0 Å². The van der Waals surface area contributed by atoms with E-state index in [-0.39, 0.29) is 5.78 Å². The van der Waals surface area contributed by atoms with Crippen molar-refractivity contribution in [1.29, 1.82) is 0 Å². The Balaban J connectivity index is 2.70. The summed E-state index contributed by atoms with van der Waals surface area (Å²) in [6, 6.07) is 7.33. The molecule has 4 nitrogen and oxygen atoms in total. The second kappa shape index (κ2) is 7.26. The van der Waals surface area contributed by atoms with Gasteiger partial charge in [-0.05, 0) is 31.5 Å². The molecule has 0 bridgehead atoms. The lowest BCUT2D eigenvalue weighted by Crippen LogP contribution is -2.35. The molecule has 0 heterocycles. The van der Waals surface area contributed by atoms with Crippen molar-refractivity contribution in [3.05, 3.63) is 29.8 Å². The number of Topliss-reactive ketones (excluding diaryl/α,β-unsaturated/α-hetero) is 1. The molecular formula is C15H24N2O2. The minimum atomic E-state index is -0.697. The highest BCUT2D eigenvalue weighted by atomic mass is 16.3.